The second kappa shape index (κ2) is 8.12. The molecule has 0 spiro atoms. The molecule has 2 heterocycles. The molecule has 11 heteroatoms. The van der Waals surface area contributed by atoms with E-state index >= 15 is 0 Å². The standard InChI is InChI=1S/C20H27N5O5S/c1-4-31(27,28)24-16-8-14-11-25(12-20(14,10-16)18-21-13(2)23-30-18)19(26)22-15-6-5-7-17(9-15)29-3/h5-7,9,14,16,24H,4,8,10-12H2,1-3H3,(H,22,26)/t14-,16+,20-/m0/s1. The Morgan fingerprint density at radius 3 is 2.90 bits per heavy atom. The van der Waals surface area contributed by atoms with Crippen LogP contribution in [0.25, 0.3) is 0 Å². The van der Waals surface area contributed by atoms with Gasteiger partial charge in [-0.3, -0.25) is 0 Å². The minimum Gasteiger partial charge on any atom is -0.497 e. The van der Waals surface area contributed by atoms with Gasteiger partial charge in [0, 0.05) is 30.9 Å². The van der Waals surface area contributed by atoms with E-state index in [0.717, 1.165) is 0 Å². The number of nitrogens with one attached hydrogen (secondary N) is 2. The number of anilines is 1. The van der Waals surface area contributed by atoms with Crippen LogP contribution in [-0.2, 0) is 15.4 Å². The van der Waals surface area contributed by atoms with E-state index in [1.165, 1.54) is 0 Å². The number of hydrogen-bond donors (Lipinski definition) is 2. The van der Waals surface area contributed by atoms with Crippen molar-refractivity contribution >= 4 is 21.7 Å². The van der Waals surface area contributed by atoms with Crippen LogP contribution < -0.4 is 14.8 Å². The molecular weight excluding hydrogens is 422 g/mol. The first-order valence-electron chi connectivity index (χ1n) is 10.3. The highest BCUT2D eigenvalue weighted by atomic mass is 32.2. The first-order chi connectivity index (χ1) is 14.7. The van der Waals surface area contributed by atoms with Crippen LogP contribution in [0.15, 0.2) is 28.8 Å². The Morgan fingerprint density at radius 2 is 2.23 bits per heavy atom. The zero-order valence-electron chi connectivity index (χ0n) is 17.8. The highest BCUT2D eigenvalue weighted by molar-refractivity contribution is 7.89. The van der Waals surface area contributed by atoms with Gasteiger partial charge in [-0.05, 0) is 44.7 Å². The Hall–Kier alpha value is -2.66. The summed E-state index contributed by atoms with van der Waals surface area (Å²) in [7, 11) is -1.76. The number of rotatable bonds is 6. The van der Waals surface area contributed by atoms with E-state index < -0.39 is 15.4 Å². The molecule has 2 fully saturated rings. The van der Waals surface area contributed by atoms with Gasteiger partial charge in [-0.25, -0.2) is 17.9 Å². The van der Waals surface area contributed by atoms with Crippen LogP contribution in [-0.4, -0.2) is 61.5 Å². The van der Waals surface area contributed by atoms with E-state index in [-0.39, 0.29) is 23.7 Å². The van der Waals surface area contributed by atoms with Gasteiger partial charge in [-0.1, -0.05) is 11.2 Å². The lowest BCUT2D eigenvalue weighted by Crippen LogP contribution is -2.41. The van der Waals surface area contributed by atoms with Gasteiger partial charge in [0.05, 0.1) is 18.3 Å². The lowest BCUT2D eigenvalue weighted by atomic mass is 9.80. The molecule has 4 rings (SSSR count). The van der Waals surface area contributed by atoms with Crippen molar-refractivity contribution in [3.05, 3.63) is 36.0 Å². The number of sulfonamides is 1. The largest absolute Gasteiger partial charge is 0.497 e. The van der Waals surface area contributed by atoms with Crippen molar-refractivity contribution in [2.75, 3.05) is 31.3 Å². The van der Waals surface area contributed by atoms with Gasteiger partial charge in [-0.15, -0.1) is 0 Å². The molecule has 2 amide bonds. The molecule has 1 aliphatic heterocycles. The van der Waals surface area contributed by atoms with Gasteiger partial charge in [0.1, 0.15) is 5.75 Å². The first kappa shape index (κ1) is 21.6. The molecular formula is C20H27N5O5S. The Bertz CT molecular complexity index is 1070. The third kappa shape index (κ3) is 4.24. The van der Waals surface area contributed by atoms with E-state index in [2.05, 4.69) is 20.2 Å². The van der Waals surface area contributed by atoms with Crippen molar-refractivity contribution in [1.82, 2.24) is 19.8 Å². The number of urea groups is 1. The molecule has 1 saturated heterocycles. The predicted octanol–water partition coefficient (Wildman–Crippen LogP) is 1.89. The summed E-state index contributed by atoms with van der Waals surface area (Å²) >= 11 is 0. The van der Waals surface area contributed by atoms with Crippen molar-refractivity contribution in [3.8, 4) is 5.75 Å². The normalized spacial score (nSPS) is 25.5. The quantitative estimate of drug-likeness (QED) is 0.689. The maximum atomic E-state index is 13.0. The molecule has 1 aromatic carbocycles. The number of amides is 2. The van der Waals surface area contributed by atoms with Gasteiger partial charge in [0.2, 0.25) is 15.9 Å². The average Bonchev–Trinajstić information content (AvgIpc) is 3.40. The van der Waals surface area contributed by atoms with Crippen molar-refractivity contribution in [1.29, 1.82) is 0 Å². The lowest BCUT2D eigenvalue weighted by Gasteiger charge is -2.25. The van der Waals surface area contributed by atoms with E-state index in [0.29, 0.717) is 49.1 Å². The Morgan fingerprint density at radius 1 is 1.42 bits per heavy atom. The van der Waals surface area contributed by atoms with Crippen LogP contribution in [0.4, 0.5) is 10.5 Å². The van der Waals surface area contributed by atoms with E-state index in [1.807, 2.05) is 0 Å². The molecule has 31 heavy (non-hydrogen) atoms. The summed E-state index contributed by atoms with van der Waals surface area (Å²) < 4.78 is 37.7. The SMILES string of the molecule is CCS(=O)(=O)N[C@@H]1C[C@H]2CN(C(=O)Nc3cccc(OC)c3)C[C@@]2(c2nc(C)no2)C1. The highest BCUT2D eigenvalue weighted by Crippen LogP contribution is 2.50. The lowest BCUT2D eigenvalue weighted by molar-refractivity contribution is 0.212. The fourth-order valence-corrected chi connectivity index (χ4v) is 5.54. The molecule has 168 valence electrons. The van der Waals surface area contributed by atoms with Crippen molar-refractivity contribution in [3.63, 3.8) is 0 Å². The molecule has 0 unspecified atom stereocenters. The number of hydrogen-bond acceptors (Lipinski definition) is 7. The second-order valence-corrected chi connectivity index (χ2v) is 10.2. The van der Waals surface area contributed by atoms with E-state index in [9.17, 15) is 13.2 Å². The van der Waals surface area contributed by atoms with Crippen LogP contribution in [0.1, 0.15) is 31.5 Å². The fraction of sp³-hybridized carbons (Fsp3) is 0.550. The maximum absolute atomic E-state index is 13.0. The van der Waals surface area contributed by atoms with Crippen LogP contribution in [0.3, 0.4) is 0 Å². The van der Waals surface area contributed by atoms with Gasteiger partial charge >= 0.3 is 6.03 Å². The van der Waals surface area contributed by atoms with Gasteiger partial charge in [0.15, 0.2) is 5.82 Å². The zero-order chi connectivity index (χ0) is 22.2. The zero-order valence-corrected chi connectivity index (χ0v) is 18.6. The van der Waals surface area contributed by atoms with Gasteiger partial charge < -0.3 is 19.5 Å². The highest BCUT2D eigenvalue weighted by Gasteiger charge is 2.58. The number of benzene rings is 1. The summed E-state index contributed by atoms with van der Waals surface area (Å²) in [6.07, 6.45) is 1.10. The molecule has 3 atom stereocenters. The summed E-state index contributed by atoms with van der Waals surface area (Å²) in [5.74, 6) is 1.66. The smallest absolute Gasteiger partial charge is 0.321 e. The number of likely N-dealkylation sites (tertiary alicyclic amines) is 1. The van der Waals surface area contributed by atoms with E-state index in [1.54, 1.807) is 50.1 Å². The molecule has 0 radical (unpaired) electrons. The molecule has 1 aromatic heterocycles. The summed E-state index contributed by atoms with van der Waals surface area (Å²) in [5, 5.41) is 6.84. The number of carbonyl (C=O) groups excluding carboxylic acids is 1. The minimum absolute atomic E-state index is 0.00738. The molecule has 2 aromatic rings. The molecule has 1 aliphatic carbocycles. The fourth-order valence-electron chi connectivity index (χ4n) is 4.69. The van der Waals surface area contributed by atoms with Crippen LogP contribution in [0, 0.1) is 12.8 Å². The molecule has 2 aliphatic rings. The topological polar surface area (TPSA) is 127 Å². The molecule has 2 N–H and O–H groups in total. The van der Waals surface area contributed by atoms with Crippen LogP contribution >= 0.6 is 0 Å². The van der Waals surface area contributed by atoms with Gasteiger partial charge in [-0.2, -0.15) is 4.98 Å². The third-order valence-electron chi connectivity index (χ3n) is 6.16. The van der Waals surface area contributed by atoms with Crippen molar-refractivity contribution < 1.29 is 22.5 Å². The minimum atomic E-state index is -3.34. The summed E-state index contributed by atoms with van der Waals surface area (Å²) in [5.41, 5.74) is 0.0612. The monoisotopic (exact) mass is 449 g/mol. The Kier molecular flexibility index (Phi) is 5.65. The Balaban J connectivity index is 1.54. The first-order valence-corrected chi connectivity index (χ1v) is 11.9. The number of carbonyl (C=O) groups is 1. The average molecular weight is 450 g/mol. The number of methoxy groups -OCH3 is 1. The number of fused-ring (bicyclic) bond motifs is 1. The predicted molar refractivity (Wildman–Crippen MR) is 113 cm³/mol. The maximum Gasteiger partial charge on any atom is 0.321 e. The second-order valence-electron chi connectivity index (χ2n) is 8.20. The number of nitrogens with zero attached hydrogens (tertiary/aromatic N) is 3. The summed E-state index contributed by atoms with van der Waals surface area (Å²) in [6.45, 7) is 4.20. The number of aromatic nitrogens is 2. The Labute approximate surface area is 181 Å². The number of aryl methyl sites for hydroxylation is 1. The summed E-state index contributed by atoms with van der Waals surface area (Å²) in [4.78, 5) is 19.2. The van der Waals surface area contributed by atoms with Gasteiger partial charge in [0.25, 0.3) is 0 Å². The van der Waals surface area contributed by atoms with Crippen LogP contribution in [0.5, 0.6) is 5.75 Å². The van der Waals surface area contributed by atoms with Crippen LogP contribution in [0.2, 0.25) is 0 Å². The molecule has 10 nitrogen and oxygen atoms in total. The summed E-state index contributed by atoms with van der Waals surface area (Å²) in [6, 6.07) is 6.70. The molecule has 1 saturated carbocycles. The van der Waals surface area contributed by atoms with E-state index in [4.69, 9.17) is 9.26 Å². The van der Waals surface area contributed by atoms with Crippen molar-refractivity contribution in [2.45, 2.75) is 38.1 Å². The third-order valence-corrected chi connectivity index (χ3v) is 7.62. The molecule has 0 bridgehead atoms. The number of ether oxygens (including phenoxy) is 1. The van der Waals surface area contributed by atoms with Crippen molar-refractivity contribution in [2.24, 2.45) is 5.92 Å².